The Balaban J connectivity index is 1.40. The lowest BCUT2D eigenvalue weighted by atomic mass is 10.2. The number of anilines is 2. The van der Waals surface area contributed by atoms with Crippen LogP contribution < -0.4 is 25.5 Å². The van der Waals surface area contributed by atoms with Gasteiger partial charge in [0.1, 0.15) is 0 Å². The van der Waals surface area contributed by atoms with E-state index in [4.69, 9.17) is 56.5 Å². The third-order valence-electron chi connectivity index (χ3n) is 5.22. The van der Waals surface area contributed by atoms with E-state index in [1.165, 1.54) is 12.1 Å². The number of nitrogens with zero attached hydrogens (tertiary/aromatic N) is 1. The summed E-state index contributed by atoms with van der Waals surface area (Å²) < 4.78 is 11.5. The van der Waals surface area contributed by atoms with Crippen molar-refractivity contribution in [3.63, 3.8) is 0 Å². The molecule has 0 spiro atoms. The van der Waals surface area contributed by atoms with E-state index in [9.17, 15) is 14.4 Å². The van der Waals surface area contributed by atoms with E-state index in [1.54, 1.807) is 54.6 Å². The van der Waals surface area contributed by atoms with Gasteiger partial charge in [0.05, 0.1) is 21.6 Å². The van der Waals surface area contributed by atoms with E-state index in [0.29, 0.717) is 45.1 Å². The summed E-state index contributed by atoms with van der Waals surface area (Å²) >= 11 is 24.1. The van der Waals surface area contributed by atoms with Gasteiger partial charge in [-0.3, -0.25) is 9.59 Å². The summed E-state index contributed by atoms with van der Waals surface area (Å²) in [4.78, 5) is 38.1. The Morgan fingerprint density at radius 2 is 1.73 bits per heavy atom. The molecule has 3 N–H and O–H groups in total. The largest absolute Gasteiger partial charge is 0.490 e. The lowest BCUT2D eigenvalue weighted by molar-refractivity contribution is -0.123. The van der Waals surface area contributed by atoms with Crippen LogP contribution in [0, 0.1) is 0 Å². The fourth-order valence-electron chi connectivity index (χ4n) is 3.46. The van der Waals surface area contributed by atoms with Crippen LogP contribution in [-0.2, 0) is 9.59 Å². The van der Waals surface area contributed by atoms with Gasteiger partial charge in [0.25, 0.3) is 11.8 Å². The molecule has 0 bridgehead atoms. The molecule has 0 saturated carbocycles. The van der Waals surface area contributed by atoms with Crippen LogP contribution in [0.5, 0.6) is 11.5 Å². The molecular weight excluding hydrogens is 631 g/mol. The summed E-state index contributed by atoms with van der Waals surface area (Å²) in [5.74, 6) is -0.164. The molecule has 0 aromatic heterocycles. The number of ether oxygens (including phenoxy) is 2. The molecule has 1 heterocycles. The number of hydrogen-bond donors (Lipinski definition) is 3. The molecule has 1 aliphatic heterocycles. The number of carbonyl (C=O) groups is 3. The predicted octanol–water partition coefficient (Wildman–Crippen LogP) is 7.00. The molecule has 3 aromatic carbocycles. The molecular formula is C27H21Cl3N4O5S2. The number of carbonyl (C=O) groups excluding carboxylic acids is 3. The van der Waals surface area contributed by atoms with E-state index >= 15 is 0 Å². The van der Waals surface area contributed by atoms with Gasteiger partial charge in [-0.25, -0.2) is 10.2 Å². The molecule has 212 valence electrons. The Kier molecular flexibility index (Phi) is 10.4. The molecule has 41 heavy (non-hydrogen) atoms. The average molecular weight is 652 g/mol. The molecule has 1 aliphatic rings. The number of urea groups is 1. The van der Waals surface area contributed by atoms with Gasteiger partial charge in [-0.2, -0.15) is 5.01 Å². The second-order valence-corrected chi connectivity index (χ2v) is 11.1. The van der Waals surface area contributed by atoms with Crippen LogP contribution in [0.25, 0.3) is 6.08 Å². The monoisotopic (exact) mass is 650 g/mol. The van der Waals surface area contributed by atoms with Crippen molar-refractivity contribution in [2.75, 3.05) is 23.8 Å². The number of hydrazine groups is 1. The van der Waals surface area contributed by atoms with Gasteiger partial charge in [0.15, 0.2) is 22.4 Å². The fourth-order valence-corrected chi connectivity index (χ4v) is 5.13. The van der Waals surface area contributed by atoms with Crippen LogP contribution in [0.3, 0.4) is 0 Å². The number of nitrogens with one attached hydrogen (secondary N) is 3. The summed E-state index contributed by atoms with van der Waals surface area (Å²) in [6.07, 6.45) is 1.61. The van der Waals surface area contributed by atoms with Crippen molar-refractivity contribution in [2.45, 2.75) is 6.92 Å². The van der Waals surface area contributed by atoms with Crippen molar-refractivity contribution in [1.29, 1.82) is 0 Å². The molecule has 3 aromatic rings. The highest BCUT2D eigenvalue weighted by Crippen LogP contribution is 2.34. The average Bonchev–Trinajstić information content (AvgIpc) is 3.17. The zero-order chi connectivity index (χ0) is 29.5. The Morgan fingerprint density at radius 1 is 0.951 bits per heavy atom. The third-order valence-corrected chi connectivity index (χ3v) is 7.49. The van der Waals surface area contributed by atoms with Gasteiger partial charge in [-0.05, 0) is 79.3 Å². The minimum absolute atomic E-state index is 0.140. The van der Waals surface area contributed by atoms with Crippen LogP contribution in [-0.4, -0.2) is 40.4 Å². The first-order chi connectivity index (χ1) is 19.6. The first kappa shape index (κ1) is 30.5. The topological polar surface area (TPSA) is 109 Å². The van der Waals surface area contributed by atoms with Gasteiger partial charge in [-0.1, -0.05) is 58.7 Å². The normalized spacial score (nSPS) is 13.8. The van der Waals surface area contributed by atoms with E-state index < -0.39 is 11.9 Å². The van der Waals surface area contributed by atoms with Crippen molar-refractivity contribution in [1.82, 2.24) is 10.4 Å². The number of rotatable bonds is 9. The van der Waals surface area contributed by atoms with Gasteiger partial charge in [0, 0.05) is 16.4 Å². The standard InChI is InChI=1S/C27H21Cl3N4O5S2/c1-2-38-22-10-15(6-9-21(22)39-14-24(35)31-17-5-3-4-16(28)12-17)11-23-25(36)34(27(40)41-23)33-26(37)32-18-7-8-19(29)20(30)13-18/h3-13H,2,14H2,1H3,(H,31,35)(H2,32,33,37)/b23-11+. The number of halogens is 3. The number of benzene rings is 3. The van der Waals surface area contributed by atoms with Gasteiger partial charge in [-0.15, -0.1) is 0 Å². The van der Waals surface area contributed by atoms with Crippen molar-refractivity contribution in [3.05, 3.63) is 86.2 Å². The summed E-state index contributed by atoms with van der Waals surface area (Å²) in [7, 11) is 0. The van der Waals surface area contributed by atoms with Crippen LogP contribution >= 0.6 is 58.8 Å². The van der Waals surface area contributed by atoms with E-state index in [-0.39, 0.29) is 26.8 Å². The third kappa shape index (κ3) is 8.27. The highest BCUT2D eigenvalue weighted by atomic mass is 35.5. The first-order valence-corrected chi connectivity index (χ1v) is 14.2. The Bertz CT molecular complexity index is 1550. The zero-order valence-electron chi connectivity index (χ0n) is 21.2. The van der Waals surface area contributed by atoms with Crippen LogP contribution in [0.4, 0.5) is 16.2 Å². The molecule has 0 atom stereocenters. The van der Waals surface area contributed by atoms with E-state index in [2.05, 4.69) is 16.1 Å². The summed E-state index contributed by atoms with van der Waals surface area (Å²) in [5, 5.41) is 7.35. The second kappa shape index (κ2) is 13.9. The van der Waals surface area contributed by atoms with Gasteiger partial charge >= 0.3 is 6.03 Å². The second-order valence-electron chi connectivity index (χ2n) is 8.20. The molecule has 4 amide bonds. The summed E-state index contributed by atoms with van der Waals surface area (Å²) in [6, 6.07) is 15.6. The molecule has 0 radical (unpaired) electrons. The van der Waals surface area contributed by atoms with Crippen molar-refractivity contribution in [3.8, 4) is 11.5 Å². The van der Waals surface area contributed by atoms with Crippen LogP contribution in [0.1, 0.15) is 12.5 Å². The number of thioether (sulfide) groups is 1. The smallest absolute Gasteiger partial charge is 0.338 e. The summed E-state index contributed by atoms with van der Waals surface area (Å²) in [6.45, 7) is 1.89. The number of thiocarbonyl (C=S) groups is 1. The Morgan fingerprint density at radius 3 is 2.46 bits per heavy atom. The predicted molar refractivity (Wildman–Crippen MR) is 167 cm³/mol. The maximum Gasteiger partial charge on any atom is 0.338 e. The first-order valence-electron chi connectivity index (χ1n) is 11.9. The lowest BCUT2D eigenvalue weighted by Gasteiger charge is -2.16. The van der Waals surface area contributed by atoms with Crippen molar-refractivity contribution in [2.24, 2.45) is 0 Å². The van der Waals surface area contributed by atoms with E-state index in [0.717, 1.165) is 16.8 Å². The molecule has 0 aliphatic carbocycles. The van der Waals surface area contributed by atoms with Crippen molar-refractivity contribution >= 4 is 98.4 Å². The Hall–Kier alpha value is -3.48. The molecule has 4 rings (SSSR count). The number of amides is 4. The SMILES string of the molecule is CCOc1cc(/C=C2/SC(=S)N(NC(=O)Nc3ccc(Cl)c(Cl)c3)C2=O)ccc1OCC(=O)Nc1cccc(Cl)c1. The molecule has 14 heteroatoms. The van der Waals surface area contributed by atoms with Crippen LogP contribution in [0.15, 0.2) is 65.6 Å². The highest BCUT2D eigenvalue weighted by molar-refractivity contribution is 8.26. The fraction of sp³-hybridized carbons (Fsp3) is 0.111. The lowest BCUT2D eigenvalue weighted by Crippen LogP contribution is -2.46. The quantitative estimate of drug-likeness (QED) is 0.169. The van der Waals surface area contributed by atoms with Crippen LogP contribution in [0.2, 0.25) is 15.1 Å². The molecule has 0 unspecified atom stereocenters. The molecule has 1 saturated heterocycles. The van der Waals surface area contributed by atoms with Gasteiger partial charge in [0.2, 0.25) is 0 Å². The molecule has 1 fully saturated rings. The number of hydrogen-bond acceptors (Lipinski definition) is 7. The highest BCUT2D eigenvalue weighted by Gasteiger charge is 2.33. The minimum atomic E-state index is -0.694. The van der Waals surface area contributed by atoms with Crippen molar-refractivity contribution < 1.29 is 23.9 Å². The maximum atomic E-state index is 13.0. The van der Waals surface area contributed by atoms with Gasteiger partial charge < -0.3 is 20.1 Å². The summed E-state index contributed by atoms with van der Waals surface area (Å²) in [5.41, 5.74) is 3.97. The van der Waals surface area contributed by atoms with E-state index in [1.807, 2.05) is 6.92 Å². The minimum Gasteiger partial charge on any atom is -0.490 e. The maximum absolute atomic E-state index is 13.0. The zero-order valence-corrected chi connectivity index (χ0v) is 25.1. The molecule has 9 nitrogen and oxygen atoms in total. The Labute approximate surface area is 260 Å².